The standard InChI is InChI=1S/C17H18O6S/c1-3-21-13-9-11-14(12-10-13)24(19,20)23-16-8-6-5-7-15(16)17(18)22-4-2/h5-12H,3-4H2,1-2H3. The molecule has 0 heterocycles. The number of para-hydroxylation sites is 1. The van der Waals surface area contributed by atoms with Gasteiger partial charge in [0.05, 0.1) is 13.2 Å². The van der Waals surface area contributed by atoms with Crippen molar-refractivity contribution >= 4 is 16.1 Å². The molecule has 0 bridgehead atoms. The minimum atomic E-state index is -4.08. The molecule has 128 valence electrons. The van der Waals surface area contributed by atoms with Crippen LogP contribution in [0.4, 0.5) is 0 Å². The van der Waals surface area contributed by atoms with Crippen LogP contribution < -0.4 is 8.92 Å². The summed E-state index contributed by atoms with van der Waals surface area (Å²) in [6.45, 7) is 4.16. The average molecular weight is 350 g/mol. The quantitative estimate of drug-likeness (QED) is 0.564. The van der Waals surface area contributed by atoms with Crippen LogP contribution in [0.25, 0.3) is 0 Å². The first-order valence-corrected chi connectivity index (χ1v) is 8.82. The number of rotatable bonds is 7. The lowest BCUT2D eigenvalue weighted by molar-refractivity contribution is 0.0524. The van der Waals surface area contributed by atoms with Crippen LogP contribution in [0.5, 0.6) is 11.5 Å². The van der Waals surface area contributed by atoms with Crippen LogP contribution >= 0.6 is 0 Å². The van der Waals surface area contributed by atoms with Gasteiger partial charge in [-0.3, -0.25) is 0 Å². The monoisotopic (exact) mass is 350 g/mol. The first-order chi connectivity index (χ1) is 11.5. The van der Waals surface area contributed by atoms with Gasteiger partial charge in [0.15, 0.2) is 5.75 Å². The minimum Gasteiger partial charge on any atom is -0.494 e. The Balaban J connectivity index is 2.28. The van der Waals surface area contributed by atoms with E-state index in [1.165, 1.54) is 36.4 Å². The van der Waals surface area contributed by atoms with Gasteiger partial charge in [-0.05, 0) is 50.2 Å². The first-order valence-electron chi connectivity index (χ1n) is 7.41. The van der Waals surface area contributed by atoms with E-state index in [4.69, 9.17) is 13.7 Å². The van der Waals surface area contributed by atoms with Crippen molar-refractivity contribution in [3.05, 3.63) is 54.1 Å². The highest BCUT2D eigenvalue weighted by Crippen LogP contribution is 2.24. The second-order valence-electron chi connectivity index (χ2n) is 4.66. The maximum atomic E-state index is 12.4. The predicted molar refractivity (Wildman–Crippen MR) is 87.8 cm³/mol. The van der Waals surface area contributed by atoms with Crippen LogP contribution in [-0.4, -0.2) is 27.6 Å². The number of carbonyl (C=O) groups excluding carboxylic acids is 1. The zero-order chi connectivity index (χ0) is 17.6. The Morgan fingerprint density at radius 2 is 1.62 bits per heavy atom. The van der Waals surface area contributed by atoms with Crippen molar-refractivity contribution in [2.75, 3.05) is 13.2 Å². The molecule has 7 heteroatoms. The third kappa shape index (κ3) is 4.26. The number of benzene rings is 2. The summed E-state index contributed by atoms with van der Waals surface area (Å²) >= 11 is 0. The summed E-state index contributed by atoms with van der Waals surface area (Å²) in [5.41, 5.74) is 0.0499. The molecule has 0 aromatic heterocycles. The van der Waals surface area contributed by atoms with Crippen LogP contribution in [0.1, 0.15) is 24.2 Å². The normalized spacial score (nSPS) is 10.9. The van der Waals surface area contributed by atoms with Gasteiger partial charge < -0.3 is 13.7 Å². The van der Waals surface area contributed by atoms with Crippen LogP contribution in [0.15, 0.2) is 53.4 Å². The van der Waals surface area contributed by atoms with Gasteiger partial charge in [0, 0.05) is 0 Å². The Bertz CT molecular complexity index is 796. The Labute approximate surface area is 141 Å². The average Bonchev–Trinajstić information content (AvgIpc) is 2.56. The van der Waals surface area contributed by atoms with Crippen molar-refractivity contribution in [2.45, 2.75) is 18.7 Å². The lowest BCUT2D eigenvalue weighted by Gasteiger charge is -2.11. The molecule has 0 unspecified atom stereocenters. The molecular weight excluding hydrogens is 332 g/mol. The SMILES string of the molecule is CCOC(=O)c1ccccc1OS(=O)(=O)c1ccc(OCC)cc1. The molecule has 2 rings (SSSR count). The molecule has 0 aliphatic heterocycles. The number of ether oxygens (including phenoxy) is 2. The smallest absolute Gasteiger partial charge is 0.341 e. The minimum absolute atomic E-state index is 0.0374. The van der Waals surface area contributed by atoms with Crippen LogP contribution in [0.3, 0.4) is 0 Å². The van der Waals surface area contributed by atoms with Crippen LogP contribution in [0.2, 0.25) is 0 Å². The van der Waals surface area contributed by atoms with E-state index in [9.17, 15) is 13.2 Å². The Hall–Kier alpha value is -2.54. The fraction of sp³-hybridized carbons (Fsp3) is 0.235. The summed E-state index contributed by atoms with van der Waals surface area (Å²) in [7, 11) is -4.08. The first kappa shape index (κ1) is 17.8. The molecule has 0 fully saturated rings. The van der Waals surface area contributed by atoms with Gasteiger partial charge in [-0.15, -0.1) is 0 Å². The third-order valence-corrected chi connectivity index (χ3v) is 4.25. The Kier molecular flexibility index (Phi) is 5.81. The summed E-state index contributed by atoms with van der Waals surface area (Å²) in [6.07, 6.45) is 0. The topological polar surface area (TPSA) is 78.9 Å². The molecule has 0 radical (unpaired) electrons. The summed E-state index contributed by atoms with van der Waals surface area (Å²) in [4.78, 5) is 11.9. The summed E-state index contributed by atoms with van der Waals surface area (Å²) in [6, 6.07) is 11.9. The highest BCUT2D eigenvalue weighted by atomic mass is 32.2. The number of hydrogen-bond donors (Lipinski definition) is 0. The van der Waals surface area contributed by atoms with Crippen molar-refractivity contribution in [2.24, 2.45) is 0 Å². The van der Waals surface area contributed by atoms with Gasteiger partial charge in [-0.25, -0.2) is 4.79 Å². The summed E-state index contributed by atoms with van der Waals surface area (Å²) < 4.78 is 40.1. The van der Waals surface area contributed by atoms with E-state index in [-0.39, 0.29) is 22.8 Å². The lowest BCUT2D eigenvalue weighted by atomic mass is 10.2. The molecule has 0 spiro atoms. The maximum absolute atomic E-state index is 12.4. The second kappa shape index (κ2) is 7.83. The molecule has 2 aromatic carbocycles. The fourth-order valence-electron chi connectivity index (χ4n) is 1.95. The maximum Gasteiger partial charge on any atom is 0.341 e. The zero-order valence-corrected chi connectivity index (χ0v) is 14.2. The van der Waals surface area contributed by atoms with E-state index in [1.807, 2.05) is 6.92 Å². The molecule has 0 N–H and O–H groups in total. The largest absolute Gasteiger partial charge is 0.494 e. The number of esters is 1. The van der Waals surface area contributed by atoms with Crippen molar-refractivity contribution in [1.82, 2.24) is 0 Å². The fourth-order valence-corrected chi connectivity index (χ4v) is 2.90. The van der Waals surface area contributed by atoms with E-state index >= 15 is 0 Å². The molecule has 0 saturated carbocycles. The Morgan fingerprint density at radius 3 is 2.25 bits per heavy atom. The molecule has 0 aliphatic carbocycles. The van der Waals surface area contributed by atoms with E-state index in [0.717, 1.165) is 0 Å². The van der Waals surface area contributed by atoms with E-state index < -0.39 is 16.1 Å². The molecule has 2 aromatic rings. The third-order valence-electron chi connectivity index (χ3n) is 3.01. The van der Waals surface area contributed by atoms with Gasteiger partial charge in [0.25, 0.3) is 0 Å². The van der Waals surface area contributed by atoms with Crippen LogP contribution in [0, 0.1) is 0 Å². The summed E-state index contributed by atoms with van der Waals surface area (Å²) in [5, 5.41) is 0. The molecule has 0 saturated heterocycles. The van der Waals surface area contributed by atoms with Gasteiger partial charge in [0.1, 0.15) is 16.2 Å². The van der Waals surface area contributed by atoms with Crippen molar-refractivity contribution in [3.63, 3.8) is 0 Å². The Morgan fingerprint density at radius 1 is 0.958 bits per heavy atom. The van der Waals surface area contributed by atoms with Crippen molar-refractivity contribution in [1.29, 1.82) is 0 Å². The molecule has 0 atom stereocenters. The van der Waals surface area contributed by atoms with Crippen molar-refractivity contribution in [3.8, 4) is 11.5 Å². The highest BCUT2D eigenvalue weighted by Gasteiger charge is 2.21. The lowest BCUT2D eigenvalue weighted by Crippen LogP contribution is -2.13. The van der Waals surface area contributed by atoms with Gasteiger partial charge in [-0.2, -0.15) is 8.42 Å². The molecular formula is C17H18O6S. The van der Waals surface area contributed by atoms with Gasteiger partial charge in [0.2, 0.25) is 0 Å². The highest BCUT2D eigenvalue weighted by molar-refractivity contribution is 7.87. The predicted octanol–water partition coefficient (Wildman–Crippen LogP) is 3.03. The molecule has 24 heavy (non-hydrogen) atoms. The van der Waals surface area contributed by atoms with E-state index in [2.05, 4.69) is 0 Å². The second-order valence-corrected chi connectivity index (χ2v) is 6.20. The zero-order valence-electron chi connectivity index (χ0n) is 13.4. The van der Waals surface area contributed by atoms with E-state index in [1.54, 1.807) is 19.1 Å². The molecule has 6 nitrogen and oxygen atoms in total. The number of carbonyl (C=O) groups is 1. The van der Waals surface area contributed by atoms with Crippen molar-refractivity contribution < 1.29 is 26.9 Å². The summed E-state index contributed by atoms with van der Waals surface area (Å²) in [5.74, 6) is -0.164. The van der Waals surface area contributed by atoms with Gasteiger partial charge in [-0.1, -0.05) is 12.1 Å². The van der Waals surface area contributed by atoms with Gasteiger partial charge >= 0.3 is 16.1 Å². The van der Waals surface area contributed by atoms with E-state index in [0.29, 0.717) is 12.4 Å². The number of hydrogen-bond acceptors (Lipinski definition) is 6. The molecule has 0 amide bonds. The molecule has 0 aliphatic rings. The van der Waals surface area contributed by atoms with Crippen LogP contribution in [-0.2, 0) is 14.9 Å².